The molecule has 2 heterocycles. The Morgan fingerprint density at radius 1 is 1.60 bits per heavy atom. The number of anilines is 1. The summed E-state index contributed by atoms with van der Waals surface area (Å²) in [4.78, 5) is 6.03. The normalized spacial score (nSPS) is 17.6. The number of nitrogens with zero attached hydrogens (tertiary/aromatic N) is 1. The Morgan fingerprint density at radius 2 is 2.50 bits per heavy atom. The molecule has 106 valence electrons. The maximum Gasteiger partial charge on any atom is 0.189 e. The van der Waals surface area contributed by atoms with Crippen LogP contribution < -0.4 is 10.6 Å². The number of hydrogen-bond donors (Lipinski definition) is 2. The summed E-state index contributed by atoms with van der Waals surface area (Å²) in [5.74, 6) is 1.63. The molecule has 1 aliphatic rings. The second-order valence-corrected chi connectivity index (χ2v) is 6.62. The third kappa shape index (κ3) is 3.19. The molecule has 0 fully saturated rings. The predicted octanol–water partition coefficient (Wildman–Crippen LogP) is 3.35. The fraction of sp³-hybridized carbons (Fsp3) is 0.429. The van der Waals surface area contributed by atoms with E-state index in [9.17, 15) is 0 Å². The molecule has 0 spiro atoms. The van der Waals surface area contributed by atoms with Crippen molar-refractivity contribution in [3.05, 3.63) is 34.7 Å². The summed E-state index contributed by atoms with van der Waals surface area (Å²) >= 11 is 6.99. The van der Waals surface area contributed by atoms with Gasteiger partial charge in [0.15, 0.2) is 10.2 Å². The fourth-order valence-electron chi connectivity index (χ4n) is 2.32. The van der Waals surface area contributed by atoms with Gasteiger partial charge >= 0.3 is 0 Å². The summed E-state index contributed by atoms with van der Waals surface area (Å²) in [7, 11) is 0. The van der Waals surface area contributed by atoms with Crippen LogP contribution in [0.15, 0.2) is 22.8 Å². The second-order valence-electron chi connectivity index (χ2n) is 5.12. The molecule has 6 heteroatoms. The molecule has 2 aromatic heterocycles. The van der Waals surface area contributed by atoms with Gasteiger partial charge in [-0.1, -0.05) is 6.92 Å². The average Bonchev–Trinajstić information content (AvgIpc) is 3.04. The molecule has 0 saturated carbocycles. The zero-order valence-corrected chi connectivity index (χ0v) is 12.9. The largest absolute Gasteiger partial charge is 0.467 e. The first kappa shape index (κ1) is 13.6. The minimum Gasteiger partial charge on any atom is -0.467 e. The van der Waals surface area contributed by atoms with Crippen molar-refractivity contribution in [2.45, 2.75) is 32.7 Å². The highest BCUT2D eigenvalue weighted by Gasteiger charge is 2.19. The first-order valence-electron chi connectivity index (χ1n) is 6.76. The molecule has 0 saturated heterocycles. The Balaban J connectivity index is 1.56. The van der Waals surface area contributed by atoms with Crippen molar-refractivity contribution in [1.82, 2.24) is 10.3 Å². The molecule has 0 aliphatic heterocycles. The number of furan rings is 1. The molecule has 1 aliphatic carbocycles. The number of aromatic nitrogens is 1. The maximum atomic E-state index is 5.28. The van der Waals surface area contributed by atoms with E-state index in [1.807, 2.05) is 12.1 Å². The Hall–Kier alpha value is -1.40. The summed E-state index contributed by atoms with van der Waals surface area (Å²) in [5, 5.41) is 7.75. The highest BCUT2D eigenvalue weighted by Crippen LogP contribution is 2.31. The fourth-order valence-corrected chi connectivity index (χ4v) is 3.72. The molecule has 0 radical (unpaired) electrons. The third-order valence-corrected chi connectivity index (χ3v) is 4.69. The zero-order valence-electron chi connectivity index (χ0n) is 11.3. The minimum absolute atomic E-state index is 0.584. The Morgan fingerprint density at radius 3 is 3.30 bits per heavy atom. The van der Waals surface area contributed by atoms with Gasteiger partial charge in [-0.15, -0.1) is 11.3 Å². The topological polar surface area (TPSA) is 50.1 Å². The number of thiocarbonyl (C=S) groups is 1. The van der Waals surface area contributed by atoms with E-state index in [1.54, 1.807) is 17.6 Å². The smallest absolute Gasteiger partial charge is 0.189 e. The summed E-state index contributed by atoms with van der Waals surface area (Å²) in [6.45, 7) is 2.88. The average molecular weight is 307 g/mol. The van der Waals surface area contributed by atoms with Crippen LogP contribution in [0.1, 0.15) is 29.7 Å². The van der Waals surface area contributed by atoms with E-state index < -0.39 is 0 Å². The number of aryl methyl sites for hydroxylation is 1. The Labute approximate surface area is 127 Å². The van der Waals surface area contributed by atoms with Gasteiger partial charge in [0.25, 0.3) is 0 Å². The third-order valence-electron chi connectivity index (χ3n) is 3.41. The van der Waals surface area contributed by atoms with Crippen molar-refractivity contribution >= 4 is 33.8 Å². The van der Waals surface area contributed by atoms with Crippen LogP contribution in [0.25, 0.3) is 0 Å². The minimum atomic E-state index is 0.584. The van der Waals surface area contributed by atoms with Crippen LogP contribution in [-0.4, -0.2) is 10.1 Å². The molecular weight excluding hydrogens is 290 g/mol. The monoisotopic (exact) mass is 307 g/mol. The van der Waals surface area contributed by atoms with Gasteiger partial charge in [-0.25, -0.2) is 4.98 Å². The molecule has 4 nitrogen and oxygen atoms in total. The summed E-state index contributed by atoms with van der Waals surface area (Å²) in [6.07, 6.45) is 5.11. The van der Waals surface area contributed by atoms with Crippen molar-refractivity contribution in [1.29, 1.82) is 0 Å². The van der Waals surface area contributed by atoms with E-state index in [0.717, 1.165) is 29.7 Å². The Bertz CT molecular complexity index is 592. The highest BCUT2D eigenvalue weighted by atomic mass is 32.1. The number of fused-ring (bicyclic) bond motifs is 1. The zero-order chi connectivity index (χ0) is 13.9. The molecule has 0 amide bonds. The van der Waals surface area contributed by atoms with Crippen LogP contribution >= 0.6 is 23.6 Å². The summed E-state index contributed by atoms with van der Waals surface area (Å²) in [5.41, 5.74) is 1.24. The SMILES string of the molecule is C[C@@H]1CCc2nc(NC(=S)NCc3ccco3)sc2C1. The lowest BCUT2D eigenvalue weighted by molar-refractivity contribution is 0.502. The van der Waals surface area contributed by atoms with Crippen LogP contribution in [0.5, 0.6) is 0 Å². The van der Waals surface area contributed by atoms with Crippen molar-refractivity contribution in [2.24, 2.45) is 5.92 Å². The van der Waals surface area contributed by atoms with Gasteiger partial charge in [0.2, 0.25) is 0 Å². The highest BCUT2D eigenvalue weighted by molar-refractivity contribution is 7.80. The lowest BCUT2D eigenvalue weighted by Crippen LogP contribution is -2.27. The molecule has 3 rings (SSSR count). The first-order chi connectivity index (χ1) is 9.70. The molecule has 20 heavy (non-hydrogen) atoms. The van der Waals surface area contributed by atoms with Gasteiger partial charge in [0, 0.05) is 4.88 Å². The molecule has 2 aromatic rings. The second kappa shape index (κ2) is 5.93. The van der Waals surface area contributed by atoms with Gasteiger partial charge in [-0.3, -0.25) is 0 Å². The van der Waals surface area contributed by atoms with Gasteiger partial charge in [-0.2, -0.15) is 0 Å². The quantitative estimate of drug-likeness (QED) is 0.852. The van der Waals surface area contributed by atoms with Crippen molar-refractivity contribution in [3.8, 4) is 0 Å². The number of nitrogens with one attached hydrogen (secondary N) is 2. The maximum absolute atomic E-state index is 5.28. The van der Waals surface area contributed by atoms with Crippen LogP contribution in [0.3, 0.4) is 0 Å². The van der Waals surface area contributed by atoms with E-state index >= 15 is 0 Å². The van der Waals surface area contributed by atoms with Crippen LogP contribution in [0.4, 0.5) is 5.13 Å². The molecule has 0 unspecified atom stereocenters. The molecular formula is C14H17N3OS2. The van der Waals surface area contributed by atoms with Crippen LogP contribution in [0, 0.1) is 5.92 Å². The van der Waals surface area contributed by atoms with E-state index in [-0.39, 0.29) is 0 Å². The first-order valence-corrected chi connectivity index (χ1v) is 7.99. The summed E-state index contributed by atoms with van der Waals surface area (Å²) in [6, 6.07) is 3.78. The standard InChI is InChI=1S/C14H17N3OS2/c1-9-4-5-11-12(7-9)20-14(16-11)17-13(19)15-8-10-3-2-6-18-10/h2-3,6,9H,4-5,7-8H2,1H3,(H2,15,16,17,19)/t9-/m1/s1. The molecule has 2 N–H and O–H groups in total. The molecule has 0 bridgehead atoms. The number of hydrogen-bond acceptors (Lipinski definition) is 4. The lowest BCUT2D eigenvalue weighted by Gasteiger charge is -2.15. The summed E-state index contributed by atoms with van der Waals surface area (Å²) < 4.78 is 5.25. The van der Waals surface area contributed by atoms with Crippen LogP contribution in [0.2, 0.25) is 0 Å². The van der Waals surface area contributed by atoms with Crippen molar-refractivity contribution in [3.63, 3.8) is 0 Å². The van der Waals surface area contributed by atoms with Gasteiger partial charge < -0.3 is 15.1 Å². The lowest BCUT2D eigenvalue weighted by atomic mass is 9.93. The molecule has 1 atom stereocenters. The number of rotatable bonds is 3. The van der Waals surface area contributed by atoms with Crippen molar-refractivity contribution < 1.29 is 4.42 Å². The Kier molecular flexibility index (Phi) is 4.03. The predicted molar refractivity (Wildman–Crippen MR) is 85.1 cm³/mol. The van der Waals surface area contributed by atoms with Gasteiger partial charge in [0.05, 0.1) is 18.5 Å². The van der Waals surface area contributed by atoms with Gasteiger partial charge in [0.1, 0.15) is 5.76 Å². The van der Waals surface area contributed by atoms with E-state index in [0.29, 0.717) is 11.7 Å². The van der Waals surface area contributed by atoms with E-state index in [4.69, 9.17) is 16.6 Å². The van der Waals surface area contributed by atoms with E-state index in [1.165, 1.54) is 17.0 Å². The van der Waals surface area contributed by atoms with Crippen LogP contribution in [-0.2, 0) is 19.4 Å². The number of thiazole rings is 1. The van der Waals surface area contributed by atoms with Crippen molar-refractivity contribution in [2.75, 3.05) is 5.32 Å². The van der Waals surface area contributed by atoms with E-state index in [2.05, 4.69) is 22.5 Å². The molecule has 0 aromatic carbocycles. The van der Waals surface area contributed by atoms with Gasteiger partial charge in [-0.05, 0) is 49.5 Å².